The quantitative estimate of drug-likeness (QED) is 0.329. The molecule has 1 aliphatic heterocycles. The van der Waals surface area contributed by atoms with Gasteiger partial charge < -0.3 is 19.9 Å². The second-order valence-electron chi connectivity index (χ2n) is 8.92. The van der Waals surface area contributed by atoms with Crippen LogP contribution in [0.25, 0.3) is 27.6 Å². The highest BCUT2D eigenvalue weighted by Crippen LogP contribution is 2.38. The Hall–Kier alpha value is -4.54. The fourth-order valence-corrected chi connectivity index (χ4v) is 5.32. The summed E-state index contributed by atoms with van der Waals surface area (Å²) in [5.41, 5.74) is 9.86. The number of carbonyl (C=O) groups is 1. The first-order valence-electron chi connectivity index (χ1n) is 11.9. The highest BCUT2D eigenvalue weighted by Gasteiger charge is 2.28. The second-order valence-corrected chi connectivity index (χ2v) is 9.86. The van der Waals surface area contributed by atoms with Crippen LogP contribution in [0.2, 0.25) is 0 Å². The fraction of sp³-hybridized carbons (Fsp3) is 0.107. The van der Waals surface area contributed by atoms with Crippen LogP contribution >= 0.6 is 0 Å². The van der Waals surface area contributed by atoms with Crippen molar-refractivity contribution in [2.24, 2.45) is 0 Å². The Morgan fingerprint density at radius 2 is 1.92 bits per heavy atom. The average molecular weight is 526 g/mol. The van der Waals surface area contributed by atoms with Gasteiger partial charge in [-0.05, 0) is 60.3 Å². The Bertz CT molecular complexity index is 1750. The van der Waals surface area contributed by atoms with Gasteiger partial charge in [-0.3, -0.25) is 4.79 Å². The van der Waals surface area contributed by atoms with Crippen LogP contribution in [0, 0.1) is 6.92 Å². The highest BCUT2D eigenvalue weighted by atomic mass is 32.2. The number of rotatable bonds is 4. The predicted octanol–water partition coefficient (Wildman–Crippen LogP) is 4.60. The summed E-state index contributed by atoms with van der Waals surface area (Å²) in [5.74, 6) is 0.706. The Kier molecular flexibility index (Phi) is 5.90. The SMILES string of the molecule is Cc1cc(C(=O)N2CCOc3cc(-c4ccccc4S(=O)O)ccc32)n(-c2ccc3ccnc(N)c3c2)n1. The Balaban J connectivity index is 1.39. The highest BCUT2D eigenvalue weighted by molar-refractivity contribution is 7.79. The molecular formula is C28H23N5O4S. The number of benzene rings is 3. The van der Waals surface area contributed by atoms with Crippen molar-refractivity contribution in [2.45, 2.75) is 11.8 Å². The van der Waals surface area contributed by atoms with Gasteiger partial charge in [0, 0.05) is 17.1 Å². The van der Waals surface area contributed by atoms with Crippen molar-refractivity contribution >= 4 is 39.3 Å². The molecule has 0 spiro atoms. The Labute approximate surface area is 220 Å². The van der Waals surface area contributed by atoms with E-state index >= 15 is 0 Å². The first kappa shape index (κ1) is 23.8. The average Bonchev–Trinajstić information content (AvgIpc) is 3.33. The molecule has 2 aromatic heterocycles. The van der Waals surface area contributed by atoms with Gasteiger partial charge in [-0.15, -0.1) is 0 Å². The molecule has 3 aromatic carbocycles. The number of hydrogen-bond donors (Lipinski definition) is 2. The van der Waals surface area contributed by atoms with Crippen LogP contribution in [-0.2, 0) is 11.1 Å². The van der Waals surface area contributed by atoms with E-state index in [1.165, 1.54) is 0 Å². The van der Waals surface area contributed by atoms with Gasteiger partial charge in [0.05, 0.1) is 28.5 Å². The molecule has 1 unspecified atom stereocenters. The van der Waals surface area contributed by atoms with Crippen molar-refractivity contribution in [1.82, 2.24) is 14.8 Å². The third-order valence-electron chi connectivity index (χ3n) is 6.53. The van der Waals surface area contributed by atoms with Gasteiger partial charge in [-0.1, -0.05) is 30.3 Å². The lowest BCUT2D eigenvalue weighted by molar-refractivity contribution is 0.0969. The zero-order valence-corrected chi connectivity index (χ0v) is 21.2. The van der Waals surface area contributed by atoms with E-state index < -0.39 is 11.1 Å². The van der Waals surface area contributed by atoms with Crippen LogP contribution in [0.5, 0.6) is 5.75 Å². The molecule has 5 aromatic rings. The molecule has 0 bridgehead atoms. The van der Waals surface area contributed by atoms with Crippen molar-refractivity contribution in [1.29, 1.82) is 0 Å². The van der Waals surface area contributed by atoms with Crippen molar-refractivity contribution < 1.29 is 18.3 Å². The molecular weight excluding hydrogens is 502 g/mol. The van der Waals surface area contributed by atoms with Gasteiger partial charge in [0.2, 0.25) is 0 Å². The minimum Gasteiger partial charge on any atom is -0.490 e. The maximum Gasteiger partial charge on any atom is 0.277 e. The molecule has 190 valence electrons. The molecule has 1 atom stereocenters. The van der Waals surface area contributed by atoms with Crippen LogP contribution in [0.15, 0.2) is 83.9 Å². The molecule has 6 rings (SSSR count). The number of nitrogens with two attached hydrogens (primary N) is 1. The minimum absolute atomic E-state index is 0.223. The molecule has 0 saturated carbocycles. The van der Waals surface area contributed by atoms with Crippen molar-refractivity contribution in [3.05, 3.63) is 90.4 Å². The smallest absolute Gasteiger partial charge is 0.277 e. The Morgan fingerprint density at radius 3 is 2.76 bits per heavy atom. The number of aromatic nitrogens is 3. The normalized spacial score (nSPS) is 13.7. The summed E-state index contributed by atoms with van der Waals surface area (Å²) in [6.45, 7) is 2.51. The number of anilines is 2. The third kappa shape index (κ3) is 4.09. The van der Waals surface area contributed by atoms with Gasteiger partial charge in [-0.25, -0.2) is 13.9 Å². The summed E-state index contributed by atoms with van der Waals surface area (Å²) in [4.78, 5) is 20.1. The number of nitrogen functional groups attached to an aromatic ring is 1. The van der Waals surface area contributed by atoms with Gasteiger partial charge in [0.1, 0.15) is 23.9 Å². The molecule has 10 heteroatoms. The van der Waals surface area contributed by atoms with Crippen LogP contribution in [0.4, 0.5) is 11.5 Å². The minimum atomic E-state index is -2.14. The summed E-state index contributed by atoms with van der Waals surface area (Å²) in [5, 5.41) is 6.32. The lowest BCUT2D eigenvalue weighted by Gasteiger charge is -2.30. The maximum absolute atomic E-state index is 13.9. The number of ether oxygens (including phenoxy) is 1. The molecule has 38 heavy (non-hydrogen) atoms. The van der Waals surface area contributed by atoms with Gasteiger partial charge >= 0.3 is 0 Å². The predicted molar refractivity (Wildman–Crippen MR) is 146 cm³/mol. The molecule has 3 heterocycles. The van der Waals surface area contributed by atoms with Gasteiger partial charge in [0.25, 0.3) is 5.91 Å². The van der Waals surface area contributed by atoms with E-state index in [9.17, 15) is 13.6 Å². The largest absolute Gasteiger partial charge is 0.490 e. The Morgan fingerprint density at radius 1 is 1.08 bits per heavy atom. The number of nitrogens with zero attached hydrogens (tertiary/aromatic N) is 4. The standard InChI is InChI=1S/C28H23N5O4S/c1-17-14-24(33(31-17)20-8-6-18-10-11-30-27(29)22(18)16-20)28(34)32-12-13-37-25-15-19(7-9-23(25)32)21-4-2-3-5-26(21)38(35)36/h2-11,14-16H,12-13H2,1H3,(H2,29,30)(H,35,36). The van der Waals surface area contributed by atoms with Crippen LogP contribution in [0.3, 0.4) is 0 Å². The van der Waals surface area contributed by atoms with Crippen molar-refractivity contribution in [2.75, 3.05) is 23.8 Å². The van der Waals surface area contributed by atoms with E-state index in [1.807, 2.05) is 43.3 Å². The first-order valence-corrected chi connectivity index (χ1v) is 13.0. The zero-order valence-electron chi connectivity index (χ0n) is 20.4. The number of aryl methyl sites for hydroxylation is 1. The van der Waals surface area contributed by atoms with E-state index in [0.717, 1.165) is 16.3 Å². The molecule has 1 aliphatic rings. The summed E-state index contributed by atoms with van der Waals surface area (Å²) < 4.78 is 29.1. The van der Waals surface area contributed by atoms with E-state index in [1.54, 1.807) is 52.2 Å². The van der Waals surface area contributed by atoms with Gasteiger partial charge in [-0.2, -0.15) is 5.10 Å². The molecule has 1 amide bonds. The number of carbonyl (C=O) groups excluding carboxylic acids is 1. The molecule has 3 N–H and O–H groups in total. The lowest BCUT2D eigenvalue weighted by Crippen LogP contribution is -2.38. The van der Waals surface area contributed by atoms with Crippen LogP contribution < -0.4 is 15.4 Å². The van der Waals surface area contributed by atoms with Crippen LogP contribution in [0.1, 0.15) is 16.2 Å². The monoisotopic (exact) mass is 525 g/mol. The number of amides is 1. The molecule has 9 nitrogen and oxygen atoms in total. The van der Waals surface area contributed by atoms with E-state index in [4.69, 9.17) is 10.5 Å². The van der Waals surface area contributed by atoms with E-state index in [0.29, 0.717) is 57.9 Å². The number of hydrogen-bond acceptors (Lipinski definition) is 6. The summed E-state index contributed by atoms with van der Waals surface area (Å²) >= 11 is -2.14. The lowest BCUT2D eigenvalue weighted by atomic mass is 10.0. The summed E-state index contributed by atoms with van der Waals surface area (Å²) in [6.07, 6.45) is 1.66. The molecule has 0 saturated heterocycles. The number of pyridine rings is 1. The molecule has 0 radical (unpaired) electrons. The second kappa shape index (κ2) is 9.40. The first-order chi connectivity index (χ1) is 18.4. The zero-order chi connectivity index (χ0) is 26.4. The maximum atomic E-state index is 13.9. The summed E-state index contributed by atoms with van der Waals surface area (Å²) in [6, 6.07) is 21.7. The topological polar surface area (TPSA) is 124 Å². The van der Waals surface area contributed by atoms with E-state index in [2.05, 4.69) is 10.1 Å². The third-order valence-corrected chi connectivity index (χ3v) is 7.26. The fourth-order valence-electron chi connectivity index (χ4n) is 4.75. The van der Waals surface area contributed by atoms with Crippen molar-refractivity contribution in [3.8, 4) is 22.6 Å². The number of fused-ring (bicyclic) bond motifs is 2. The van der Waals surface area contributed by atoms with Crippen molar-refractivity contribution in [3.63, 3.8) is 0 Å². The molecule has 0 fully saturated rings. The van der Waals surface area contributed by atoms with Crippen LogP contribution in [-0.4, -0.2) is 42.6 Å². The van der Waals surface area contributed by atoms with E-state index in [-0.39, 0.29) is 5.91 Å². The summed E-state index contributed by atoms with van der Waals surface area (Å²) in [7, 11) is 0. The van der Waals surface area contributed by atoms with Gasteiger partial charge in [0.15, 0.2) is 11.1 Å². The molecule has 0 aliphatic carbocycles.